The average molecular weight is 905 g/mol. The minimum absolute atomic E-state index is 0.0291. The number of ether oxygens (including phenoxy) is 1. The quantitative estimate of drug-likeness (QED) is 0.146. The van der Waals surface area contributed by atoms with Gasteiger partial charge in [-0.15, -0.1) is 0 Å². The maximum Gasteiger partial charge on any atom is 0.245 e. The second kappa shape index (κ2) is 19.8. The molecule has 0 radical (unpaired) electrons. The average Bonchev–Trinajstić information content (AvgIpc) is 3.58. The molecule has 1 aliphatic carbocycles. The van der Waals surface area contributed by atoms with Crippen molar-refractivity contribution in [1.82, 2.24) is 34.9 Å². The highest BCUT2D eigenvalue weighted by Gasteiger charge is 2.43. The lowest BCUT2D eigenvalue weighted by Gasteiger charge is -2.45. The maximum absolute atomic E-state index is 16.2. The van der Waals surface area contributed by atoms with Crippen LogP contribution in [0.1, 0.15) is 68.8 Å². The van der Waals surface area contributed by atoms with E-state index in [1.165, 1.54) is 17.9 Å². The Bertz CT molecular complexity index is 2300. The molecule has 336 valence electrons. The van der Waals surface area contributed by atoms with Gasteiger partial charge in [-0.1, -0.05) is 54.6 Å². The molecule has 4 aromatic rings. The molecule has 13 nitrogen and oxygen atoms in total. The summed E-state index contributed by atoms with van der Waals surface area (Å²) in [5.41, 5.74) is 1.69. The number of aromatic nitrogens is 2. The first-order valence-corrected chi connectivity index (χ1v) is 22.3. The van der Waals surface area contributed by atoms with Crippen molar-refractivity contribution in [1.29, 1.82) is 0 Å². The molecule has 3 aromatic carbocycles. The summed E-state index contributed by atoms with van der Waals surface area (Å²) in [6.45, 7) is 1.58. The number of aliphatic hydroxyl groups excluding tert-OH is 1. The van der Waals surface area contributed by atoms with E-state index in [1.54, 1.807) is 35.4 Å². The fourth-order valence-electron chi connectivity index (χ4n) is 8.97. The zero-order chi connectivity index (χ0) is 45.0. The van der Waals surface area contributed by atoms with Gasteiger partial charge in [-0.05, 0) is 107 Å². The molecular weight excluding hydrogens is 848 g/mol. The predicted octanol–water partition coefficient (Wildman–Crippen LogP) is 6.51. The largest absolute Gasteiger partial charge is 0.457 e. The fraction of sp³-hybridized carbons (Fsp3) is 0.468. The highest BCUT2D eigenvalue weighted by Crippen LogP contribution is 2.37. The van der Waals surface area contributed by atoms with E-state index in [0.29, 0.717) is 49.5 Å². The van der Waals surface area contributed by atoms with Crippen molar-refractivity contribution in [3.8, 4) is 22.8 Å². The summed E-state index contributed by atoms with van der Waals surface area (Å²) in [6, 6.07) is 14.4. The Labute approximate surface area is 377 Å². The lowest BCUT2D eigenvalue weighted by molar-refractivity contribution is -0.148. The number of benzene rings is 3. The predicted molar refractivity (Wildman–Crippen MR) is 238 cm³/mol. The summed E-state index contributed by atoms with van der Waals surface area (Å²) >= 11 is 12.6. The van der Waals surface area contributed by atoms with Crippen molar-refractivity contribution in [3.63, 3.8) is 0 Å². The van der Waals surface area contributed by atoms with E-state index in [-0.39, 0.29) is 41.1 Å². The molecule has 63 heavy (non-hydrogen) atoms. The van der Waals surface area contributed by atoms with E-state index >= 15 is 4.39 Å². The second-order valence-corrected chi connectivity index (χ2v) is 18.5. The molecule has 3 N–H and O–H groups in total. The van der Waals surface area contributed by atoms with Gasteiger partial charge in [0.15, 0.2) is 0 Å². The van der Waals surface area contributed by atoms with Gasteiger partial charge < -0.3 is 39.7 Å². The molecule has 16 heteroatoms. The fourth-order valence-corrected chi connectivity index (χ4v) is 9.29. The SMILES string of the molecule is C[C@H]1C(=O)N[C@@H](CO)C(=O)N[C@@]2(Cc3ccc(Cl)cc3)CCCN(C2)C(=O)[C@H](CC2CCC2)CC(=O)N1Cc1c(F)cc(Cl)cc1Oc1ccc(-c2cnc(CN(C)C)n2C)cc1. The van der Waals surface area contributed by atoms with Gasteiger partial charge in [0.2, 0.25) is 23.6 Å². The number of piperidine rings is 1. The van der Waals surface area contributed by atoms with Crippen molar-refractivity contribution in [3.05, 3.63) is 99.7 Å². The molecule has 3 aliphatic rings. The van der Waals surface area contributed by atoms with Crippen LogP contribution in [0, 0.1) is 17.7 Å². The number of nitrogens with zero attached hydrogens (tertiary/aromatic N) is 5. The Morgan fingerprint density at radius 2 is 1.71 bits per heavy atom. The highest BCUT2D eigenvalue weighted by atomic mass is 35.5. The Morgan fingerprint density at radius 1 is 0.984 bits per heavy atom. The third kappa shape index (κ3) is 10.9. The number of hydrogen-bond acceptors (Lipinski definition) is 8. The number of aliphatic hydroxyl groups is 1. The normalized spacial score (nSPS) is 22.7. The lowest BCUT2D eigenvalue weighted by Crippen LogP contribution is -2.65. The molecule has 1 saturated carbocycles. The summed E-state index contributed by atoms with van der Waals surface area (Å²) in [5, 5.41) is 16.9. The zero-order valence-electron chi connectivity index (χ0n) is 36.2. The number of halogens is 3. The molecule has 3 heterocycles. The number of nitrogens with one attached hydrogen (secondary N) is 2. The number of carbonyl (C=O) groups excluding carboxylic acids is 4. The van der Waals surface area contributed by atoms with Gasteiger partial charge in [0.1, 0.15) is 35.2 Å². The molecule has 0 unspecified atom stereocenters. The van der Waals surface area contributed by atoms with Crippen LogP contribution in [-0.2, 0) is 45.7 Å². The maximum atomic E-state index is 16.2. The van der Waals surface area contributed by atoms with Gasteiger partial charge in [0.25, 0.3) is 0 Å². The van der Waals surface area contributed by atoms with Gasteiger partial charge in [0.05, 0.1) is 37.1 Å². The van der Waals surface area contributed by atoms with Crippen LogP contribution in [-0.4, -0.2) is 104 Å². The number of rotatable bonds is 12. The molecule has 2 saturated heterocycles. The van der Waals surface area contributed by atoms with Crippen molar-refractivity contribution < 1.29 is 33.4 Å². The molecule has 2 aliphatic heterocycles. The summed E-state index contributed by atoms with van der Waals surface area (Å²) in [6.07, 6.45) is 6.46. The van der Waals surface area contributed by atoms with Crippen LogP contribution in [0.3, 0.4) is 0 Å². The van der Waals surface area contributed by atoms with Crippen LogP contribution in [0.2, 0.25) is 10.0 Å². The third-order valence-corrected chi connectivity index (χ3v) is 13.2. The van der Waals surface area contributed by atoms with E-state index < -0.39 is 60.2 Å². The Balaban J connectivity index is 1.20. The molecule has 0 spiro atoms. The number of hydrogen-bond donors (Lipinski definition) is 3. The summed E-state index contributed by atoms with van der Waals surface area (Å²) in [5.74, 6) is -2.07. The second-order valence-electron chi connectivity index (χ2n) is 17.7. The number of imidazole rings is 1. The van der Waals surface area contributed by atoms with Gasteiger partial charge in [-0.25, -0.2) is 9.37 Å². The lowest BCUT2D eigenvalue weighted by atomic mass is 9.77. The van der Waals surface area contributed by atoms with Crippen LogP contribution in [0.25, 0.3) is 11.3 Å². The van der Waals surface area contributed by atoms with E-state index in [4.69, 9.17) is 27.9 Å². The number of amides is 4. The van der Waals surface area contributed by atoms with Crippen molar-refractivity contribution >= 4 is 46.8 Å². The molecule has 7 rings (SSSR count). The van der Waals surface area contributed by atoms with Gasteiger partial charge in [-0.2, -0.15) is 0 Å². The van der Waals surface area contributed by atoms with Crippen LogP contribution in [0.5, 0.6) is 11.5 Å². The summed E-state index contributed by atoms with van der Waals surface area (Å²) in [7, 11) is 5.90. The third-order valence-electron chi connectivity index (χ3n) is 12.7. The monoisotopic (exact) mass is 903 g/mol. The molecule has 4 atom stereocenters. The van der Waals surface area contributed by atoms with Crippen molar-refractivity contribution in [2.24, 2.45) is 18.9 Å². The van der Waals surface area contributed by atoms with Crippen molar-refractivity contribution in [2.75, 3.05) is 33.8 Å². The van der Waals surface area contributed by atoms with Gasteiger partial charge in [0, 0.05) is 53.6 Å². The minimum Gasteiger partial charge on any atom is -0.457 e. The first-order chi connectivity index (χ1) is 30.1. The standard InChI is InChI=1S/C47H56Cl2FN7O6/c1-29-44(60)52-39(27-58)45(61)53-47(23-31-9-13-34(48)14-10-31)17-6-18-56(28-47)46(62)33(19-30-7-5-8-30)20-43(59)57(29)25-37-38(50)21-35(49)22-41(37)63-36-15-11-32(12-16-36)40-24-51-42(55(40)4)26-54(2)3/h9-16,21-22,24,29-30,33,39,58H,5-8,17-20,23,25-28H2,1-4H3,(H,52,60)(H,53,61)/t29-,33+,39-,47+/m0/s1. The Kier molecular flexibility index (Phi) is 14.4. The van der Waals surface area contributed by atoms with Crippen LogP contribution in [0.4, 0.5) is 4.39 Å². The zero-order valence-corrected chi connectivity index (χ0v) is 37.7. The highest BCUT2D eigenvalue weighted by molar-refractivity contribution is 6.31. The van der Waals surface area contributed by atoms with Crippen molar-refractivity contribution in [2.45, 2.75) is 89.0 Å². The minimum atomic E-state index is -1.39. The number of fused-ring (bicyclic) bond motifs is 2. The molecule has 2 bridgehead atoms. The first kappa shape index (κ1) is 46.0. The summed E-state index contributed by atoms with van der Waals surface area (Å²) in [4.78, 5) is 67.2. The van der Waals surface area contributed by atoms with Crippen LogP contribution >= 0.6 is 23.2 Å². The Hall–Kier alpha value is -5.02. The Morgan fingerprint density at radius 3 is 2.38 bits per heavy atom. The number of carbonyl (C=O) groups is 4. The van der Waals surface area contributed by atoms with E-state index in [1.807, 2.05) is 54.9 Å². The summed E-state index contributed by atoms with van der Waals surface area (Å²) < 4.78 is 24.5. The molecule has 1 aromatic heterocycles. The van der Waals surface area contributed by atoms with Crippen LogP contribution in [0.15, 0.2) is 66.9 Å². The van der Waals surface area contributed by atoms with E-state index in [2.05, 4.69) is 15.6 Å². The van der Waals surface area contributed by atoms with E-state index in [9.17, 15) is 24.3 Å². The smallest absolute Gasteiger partial charge is 0.245 e. The first-order valence-electron chi connectivity index (χ1n) is 21.6. The topological polar surface area (TPSA) is 149 Å². The molecule has 4 amide bonds. The van der Waals surface area contributed by atoms with E-state index in [0.717, 1.165) is 48.0 Å². The van der Waals surface area contributed by atoms with Crippen LogP contribution < -0.4 is 15.4 Å². The molecular formula is C47H56Cl2FN7O6. The van der Waals surface area contributed by atoms with Gasteiger partial charge >= 0.3 is 0 Å². The van der Waals surface area contributed by atoms with Gasteiger partial charge in [-0.3, -0.25) is 19.2 Å². The molecule has 3 fully saturated rings.